The fourth-order valence-corrected chi connectivity index (χ4v) is 2.62. The van der Waals surface area contributed by atoms with Crippen molar-refractivity contribution in [2.75, 3.05) is 29.9 Å². The zero-order valence-corrected chi connectivity index (χ0v) is 15.6. The number of phenols is 1. The molecule has 7 heteroatoms. The molecule has 0 spiro atoms. The lowest BCUT2D eigenvalue weighted by Gasteiger charge is -2.21. The van der Waals surface area contributed by atoms with Crippen LogP contribution in [0.15, 0.2) is 47.6 Å². The molecule has 0 fully saturated rings. The van der Waals surface area contributed by atoms with E-state index in [0.29, 0.717) is 16.3 Å². The fourth-order valence-electron chi connectivity index (χ4n) is 2.42. The van der Waals surface area contributed by atoms with Gasteiger partial charge in [0, 0.05) is 30.4 Å². The van der Waals surface area contributed by atoms with Crippen molar-refractivity contribution in [3.63, 3.8) is 0 Å². The van der Waals surface area contributed by atoms with Crippen LogP contribution in [0.5, 0.6) is 5.75 Å². The smallest absolute Gasteiger partial charge is 0.259 e. The highest BCUT2D eigenvalue weighted by Gasteiger charge is 2.06. The number of aromatic hydroxyl groups is 1. The van der Waals surface area contributed by atoms with E-state index in [0.717, 1.165) is 18.8 Å². The van der Waals surface area contributed by atoms with Gasteiger partial charge in [0.1, 0.15) is 5.75 Å². The van der Waals surface area contributed by atoms with Gasteiger partial charge in [-0.15, -0.1) is 0 Å². The number of para-hydroxylation sites is 1. The van der Waals surface area contributed by atoms with E-state index in [-0.39, 0.29) is 18.2 Å². The molecule has 2 rings (SSSR count). The molecule has 0 atom stereocenters. The molecule has 6 nitrogen and oxygen atoms in total. The van der Waals surface area contributed by atoms with Crippen LogP contribution in [-0.2, 0) is 4.79 Å². The van der Waals surface area contributed by atoms with Gasteiger partial charge >= 0.3 is 0 Å². The summed E-state index contributed by atoms with van der Waals surface area (Å²) in [4.78, 5) is 14.0. The third-order valence-corrected chi connectivity index (χ3v) is 4.18. The lowest BCUT2D eigenvalue weighted by Crippen LogP contribution is -2.26. The molecule has 138 valence electrons. The standard InChI is InChI=1S/C19H23ClN4O2/c1-3-24(4-2)15-10-9-14(18(25)11-15)12-22-23-19(26)13-21-17-8-6-5-7-16(17)20/h5-12,21,25H,3-4,13H2,1-2H3,(H,23,26)/b22-12+. The highest BCUT2D eigenvalue weighted by atomic mass is 35.5. The molecule has 1 amide bonds. The summed E-state index contributed by atoms with van der Waals surface area (Å²) in [5.41, 5.74) is 4.56. The van der Waals surface area contributed by atoms with E-state index in [1.54, 1.807) is 24.3 Å². The summed E-state index contributed by atoms with van der Waals surface area (Å²) in [5.74, 6) is -0.206. The molecular weight excluding hydrogens is 352 g/mol. The molecule has 0 aliphatic heterocycles. The van der Waals surface area contributed by atoms with Crippen molar-refractivity contribution in [3.05, 3.63) is 53.1 Å². The summed E-state index contributed by atoms with van der Waals surface area (Å²) in [7, 11) is 0. The first kappa shape index (κ1) is 19.6. The van der Waals surface area contributed by atoms with Gasteiger partial charge in [-0.2, -0.15) is 5.10 Å². The van der Waals surface area contributed by atoms with Gasteiger partial charge in [0.25, 0.3) is 5.91 Å². The number of benzene rings is 2. The Balaban J connectivity index is 1.89. The van der Waals surface area contributed by atoms with Crippen LogP contribution in [0.3, 0.4) is 0 Å². The zero-order valence-electron chi connectivity index (χ0n) is 14.9. The van der Waals surface area contributed by atoms with Gasteiger partial charge in [0.05, 0.1) is 23.5 Å². The van der Waals surface area contributed by atoms with Crippen molar-refractivity contribution in [1.82, 2.24) is 5.43 Å². The van der Waals surface area contributed by atoms with Gasteiger partial charge in [-0.1, -0.05) is 23.7 Å². The van der Waals surface area contributed by atoms with Crippen molar-refractivity contribution in [1.29, 1.82) is 0 Å². The summed E-state index contributed by atoms with van der Waals surface area (Å²) in [6, 6.07) is 12.5. The summed E-state index contributed by atoms with van der Waals surface area (Å²) in [6.07, 6.45) is 1.41. The maximum Gasteiger partial charge on any atom is 0.259 e. The van der Waals surface area contributed by atoms with Crippen LogP contribution in [-0.4, -0.2) is 36.9 Å². The molecule has 0 saturated heterocycles. The molecule has 3 N–H and O–H groups in total. The highest BCUT2D eigenvalue weighted by Crippen LogP contribution is 2.23. The zero-order chi connectivity index (χ0) is 18.9. The average molecular weight is 375 g/mol. The topological polar surface area (TPSA) is 77.0 Å². The van der Waals surface area contributed by atoms with Crippen LogP contribution in [0.1, 0.15) is 19.4 Å². The Morgan fingerprint density at radius 1 is 1.23 bits per heavy atom. The second-order valence-corrected chi connectivity index (χ2v) is 5.95. The van der Waals surface area contributed by atoms with E-state index in [9.17, 15) is 9.90 Å². The maximum atomic E-state index is 11.8. The molecule has 0 radical (unpaired) electrons. The number of halogens is 1. The monoisotopic (exact) mass is 374 g/mol. The number of hydrogen-bond acceptors (Lipinski definition) is 5. The first-order valence-corrected chi connectivity index (χ1v) is 8.81. The Bertz CT molecular complexity index is 776. The van der Waals surface area contributed by atoms with Crippen LogP contribution in [0.25, 0.3) is 0 Å². The number of carbonyl (C=O) groups is 1. The highest BCUT2D eigenvalue weighted by molar-refractivity contribution is 6.33. The minimum Gasteiger partial charge on any atom is -0.507 e. The molecule has 0 heterocycles. The van der Waals surface area contributed by atoms with Crippen LogP contribution in [0.4, 0.5) is 11.4 Å². The number of hydrazone groups is 1. The number of rotatable bonds is 8. The van der Waals surface area contributed by atoms with E-state index < -0.39 is 0 Å². The van der Waals surface area contributed by atoms with E-state index in [1.165, 1.54) is 6.21 Å². The Morgan fingerprint density at radius 3 is 2.62 bits per heavy atom. The van der Waals surface area contributed by atoms with Gasteiger partial charge in [0.2, 0.25) is 0 Å². The average Bonchev–Trinajstić information content (AvgIpc) is 2.64. The number of nitrogens with zero attached hydrogens (tertiary/aromatic N) is 2. The predicted molar refractivity (Wildman–Crippen MR) is 107 cm³/mol. The molecule has 26 heavy (non-hydrogen) atoms. The second kappa shape index (κ2) is 9.68. The van der Waals surface area contributed by atoms with E-state index in [2.05, 4.69) is 34.6 Å². The van der Waals surface area contributed by atoms with E-state index in [1.807, 2.05) is 18.2 Å². The molecule has 0 unspecified atom stereocenters. The Labute approximate surface area is 158 Å². The van der Waals surface area contributed by atoms with E-state index >= 15 is 0 Å². The van der Waals surface area contributed by atoms with Crippen molar-refractivity contribution in [2.45, 2.75) is 13.8 Å². The summed E-state index contributed by atoms with van der Waals surface area (Å²) in [6.45, 7) is 5.87. The number of anilines is 2. The van der Waals surface area contributed by atoms with Gasteiger partial charge in [-0.05, 0) is 38.1 Å². The normalized spacial score (nSPS) is 10.7. The summed E-state index contributed by atoms with van der Waals surface area (Å²) in [5, 5.41) is 17.5. The number of amides is 1. The van der Waals surface area contributed by atoms with Crippen molar-refractivity contribution in [3.8, 4) is 5.75 Å². The second-order valence-electron chi connectivity index (χ2n) is 5.54. The molecule has 0 aliphatic rings. The van der Waals surface area contributed by atoms with E-state index in [4.69, 9.17) is 11.6 Å². The fraction of sp³-hybridized carbons (Fsp3) is 0.263. The van der Waals surface area contributed by atoms with Gasteiger partial charge in [-0.25, -0.2) is 5.43 Å². The minimum absolute atomic E-state index is 0.0357. The number of carbonyl (C=O) groups excluding carboxylic acids is 1. The molecule has 2 aromatic rings. The van der Waals surface area contributed by atoms with Crippen molar-refractivity contribution >= 4 is 35.1 Å². The molecule has 2 aromatic carbocycles. The molecular formula is C19H23ClN4O2. The van der Waals surface area contributed by atoms with Gasteiger partial charge < -0.3 is 15.3 Å². The van der Waals surface area contributed by atoms with Gasteiger partial charge in [-0.3, -0.25) is 4.79 Å². The van der Waals surface area contributed by atoms with Crippen LogP contribution < -0.4 is 15.6 Å². The molecule has 0 aliphatic carbocycles. The van der Waals surface area contributed by atoms with Crippen LogP contribution in [0.2, 0.25) is 5.02 Å². The van der Waals surface area contributed by atoms with Crippen LogP contribution >= 0.6 is 11.6 Å². The number of nitrogens with one attached hydrogen (secondary N) is 2. The molecule has 0 bridgehead atoms. The first-order chi connectivity index (χ1) is 12.5. The quantitative estimate of drug-likeness (QED) is 0.488. The predicted octanol–water partition coefficient (Wildman–Crippen LogP) is 3.45. The summed E-state index contributed by atoms with van der Waals surface area (Å²) < 4.78 is 0. The van der Waals surface area contributed by atoms with Crippen molar-refractivity contribution < 1.29 is 9.90 Å². The summed E-state index contributed by atoms with van der Waals surface area (Å²) >= 11 is 6.01. The maximum absolute atomic E-state index is 11.8. The third-order valence-electron chi connectivity index (χ3n) is 3.85. The third kappa shape index (κ3) is 5.39. The van der Waals surface area contributed by atoms with Crippen molar-refractivity contribution in [2.24, 2.45) is 5.10 Å². The Kier molecular flexibility index (Phi) is 7.29. The minimum atomic E-state index is -0.319. The largest absolute Gasteiger partial charge is 0.507 e. The lowest BCUT2D eigenvalue weighted by atomic mass is 10.2. The SMILES string of the molecule is CCN(CC)c1ccc(/C=N/NC(=O)CNc2ccccc2Cl)c(O)c1. The molecule has 0 saturated carbocycles. The molecule has 0 aromatic heterocycles. The number of phenolic OH excluding ortho intramolecular Hbond substituents is 1. The van der Waals surface area contributed by atoms with Gasteiger partial charge in [0.15, 0.2) is 0 Å². The first-order valence-electron chi connectivity index (χ1n) is 8.43. The number of hydrogen-bond donors (Lipinski definition) is 3. The lowest BCUT2D eigenvalue weighted by molar-refractivity contribution is -0.119. The Morgan fingerprint density at radius 2 is 1.96 bits per heavy atom. The van der Waals surface area contributed by atoms with Crippen LogP contribution in [0, 0.1) is 0 Å². The Hall–Kier alpha value is -2.73.